The second kappa shape index (κ2) is 11.7. The Hall–Kier alpha value is -3.61. The second-order valence-corrected chi connectivity index (χ2v) is 7.52. The number of likely N-dealkylation sites (tertiary alicyclic amines) is 1. The van der Waals surface area contributed by atoms with Crippen molar-refractivity contribution < 1.29 is 23.9 Å². The van der Waals surface area contributed by atoms with Crippen LogP contribution in [0.3, 0.4) is 0 Å². The summed E-state index contributed by atoms with van der Waals surface area (Å²) in [5.41, 5.74) is 1.86. The van der Waals surface area contributed by atoms with Crippen LogP contribution in [0, 0.1) is 0 Å². The lowest BCUT2D eigenvalue weighted by Gasteiger charge is -2.25. The fourth-order valence-corrected chi connectivity index (χ4v) is 3.59. The first-order valence-electron chi connectivity index (χ1n) is 10.7. The minimum absolute atomic E-state index is 0.138. The van der Waals surface area contributed by atoms with E-state index in [1.54, 1.807) is 0 Å². The Bertz CT molecular complexity index is 930. The van der Waals surface area contributed by atoms with Gasteiger partial charge in [-0.2, -0.15) is 0 Å². The highest BCUT2D eigenvalue weighted by molar-refractivity contribution is 5.90. The molecule has 2 aromatic rings. The molecule has 0 aliphatic carbocycles. The smallest absolute Gasteiger partial charge is 0.410 e. The fourth-order valence-electron chi connectivity index (χ4n) is 3.59. The first-order valence-corrected chi connectivity index (χ1v) is 10.7. The molecule has 0 saturated carbocycles. The number of nitrogens with one attached hydrogen (secondary N) is 1. The van der Waals surface area contributed by atoms with E-state index in [4.69, 9.17) is 9.47 Å². The van der Waals surface area contributed by atoms with Crippen LogP contribution in [0.4, 0.5) is 4.79 Å². The Balaban J connectivity index is 1.58. The summed E-state index contributed by atoms with van der Waals surface area (Å²) in [5, 5.41) is 2.74. The lowest BCUT2D eigenvalue weighted by Crippen LogP contribution is -2.51. The third-order valence-electron chi connectivity index (χ3n) is 5.28. The van der Waals surface area contributed by atoms with Gasteiger partial charge in [-0.15, -0.1) is 0 Å². The van der Waals surface area contributed by atoms with Gasteiger partial charge in [0.1, 0.15) is 18.7 Å². The van der Waals surface area contributed by atoms with Crippen LogP contribution in [0.15, 0.2) is 66.7 Å². The topological polar surface area (TPSA) is 84.9 Å². The molecule has 1 heterocycles. The molecule has 168 valence electrons. The third-order valence-corrected chi connectivity index (χ3v) is 5.28. The number of rotatable bonds is 8. The Kier molecular flexibility index (Phi) is 8.43. The maximum Gasteiger partial charge on any atom is 0.410 e. The zero-order valence-electron chi connectivity index (χ0n) is 18.1. The van der Waals surface area contributed by atoms with Crippen molar-refractivity contribution in [3.63, 3.8) is 0 Å². The summed E-state index contributed by atoms with van der Waals surface area (Å²) >= 11 is 0. The van der Waals surface area contributed by atoms with E-state index in [0.717, 1.165) is 11.1 Å². The van der Waals surface area contributed by atoms with Crippen molar-refractivity contribution in [1.29, 1.82) is 0 Å². The number of carbonyl (C=O) groups is 3. The van der Waals surface area contributed by atoms with Crippen molar-refractivity contribution in [3.8, 4) is 0 Å². The summed E-state index contributed by atoms with van der Waals surface area (Å²) in [7, 11) is 1.28. The molecule has 1 aliphatic heterocycles. The predicted molar refractivity (Wildman–Crippen MR) is 120 cm³/mol. The second-order valence-electron chi connectivity index (χ2n) is 7.52. The zero-order valence-corrected chi connectivity index (χ0v) is 18.1. The first-order chi connectivity index (χ1) is 15.6. The van der Waals surface area contributed by atoms with Crippen molar-refractivity contribution >= 4 is 24.0 Å². The molecule has 2 amide bonds. The van der Waals surface area contributed by atoms with Gasteiger partial charge in [-0.05, 0) is 30.4 Å². The molecule has 3 rings (SSSR count). The maximum atomic E-state index is 12.9. The van der Waals surface area contributed by atoms with E-state index in [9.17, 15) is 14.4 Å². The lowest BCUT2D eigenvalue weighted by molar-refractivity contribution is -0.145. The highest BCUT2D eigenvalue weighted by atomic mass is 16.6. The number of benzene rings is 2. The average Bonchev–Trinajstić information content (AvgIpc) is 3.33. The number of hydrogen-bond acceptors (Lipinski definition) is 5. The van der Waals surface area contributed by atoms with Gasteiger partial charge in [0.25, 0.3) is 0 Å². The molecule has 0 bridgehead atoms. The molecule has 0 aromatic heterocycles. The molecule has 0 unspecified atom stereocenters. The van der Waals surface area contributed by atoms with Crippen LogP contribution in [0.1, 0.15) is 30.4 Å². The molecule has 1 N–H and O–H groups in total. The van der Waals surface area contributed by atoms with Crippen LogP contribution in [-0.4, -0.2) is 48.6 Å². The van der Waals surface area contributed by atoms with Crippen LogP contribution in [0.5, 0.6) is 0 Å². The Morgan fingerprint density at radius 1 is 1.09 bits per heavy atom. The summed E-state index contributed by atoms with van der Waals surface area (Å²) < 4.78 is 10.2. The van der Waals surface area contributed by atoms with Gasteiger partial charge < -0.3 is 14.8 Å². The maximum absolute atomic E-state index is 12.9. The number of hydrogen-bond donors (Lipinski definition) is 1. The molecular formula is C25H28N2O5. The summed E-state index contributed by atoms with van der Waals surface area (Å²) in [5.74, 6) is -0.921. The SMILES string of the molecule is COC(=O)[C@H](C/C=C/c1ccccc1)NC(=O)[C@H]1CCCN1C(=O)OCc1ccccc1. The number of nitrogens with zero attached hydrogens (tertiary/aromatic N) is 1. The summed E-state index contributed by atoms with van der Waals surface area (Å²) in [6.07, 6.45) is 4.64. The number of amides is 2. The zero-order chi connectivity index (χ0) is 22.8. The van der Waals surface area contributed by atoms with E-state index in [1.165, 1.54) is 12.0 Å². The van der Waals surface area contributed by atoms with Crippen molar-refractivity contribution in [2.24, 2.45) is 0 Å². The first kappa shape index (κ1) is 23.1. The molecular weight excluding hydrogens is 408 g/mol. The van der Waals surface area contributed by atoms with E-state index in [2.05, 4.69) is 5.32 Å². The molecule has 0 spiro atoms. The van der Waals surface area contributed by atoms with E-state index in [0.29, 0.717) is 19.4 Å². The number of ether oxygens (including phenoxy) is 2. The minimum atomic E-state index is -0.838. The average molecular weight is 437 g/mol. The van der Waals surface area contributed by atoms with Crippen molar-refractivity contribution in [2.45, 2.75) is 38.0 Å². The van der Waals surface area contributed by atoms with Gasteiger partial charge in [0.05, 0.1) is 7.11 Å². The van der Waals surface area contributed by atoms with Gasteiger partial charge in [0.15, 0.2) is 0 Å². The van der Waals surface area contributed by atoms with Gasteiger partial charge in [0.2, 0.25) is 5.91 Å². The van der Waals surface area contributed by atoms with E-state index >= 15 is 0 Å². The standard InChI is InChI=1S/C25H28N2O5/c1-31-24(29)21(15-8-14-19-10-4-2-5-11-19)26-23(28)22-16-9-17-27(22)25(30)32-18-20-12-6-3-7-13-20/h2-8,10-14,21-22H,9,15-18H2,1H3,(H,26,28)/b14-8+/t21-,22+/m0/s1. The highest BCUT2D eigenvalue weighted by Gasteiger charge is 2.36. The molecule has 7 nitrogen and oxygen atoms in total. The van der Waals surface area contributed by atoms with E-state index in [-0.39, 0.29) is 18.9 Å². The molecule has 0 radical (unpaired) electrons. The van der Waals surface area contributed by atoms with Crippen LogP contribution >= 0.6 is 0 Å². The van der Waals surface area contributed by atoms with Gasteiger partial charge in [-0.1, -0.05) is 72.8 Å². The Labute approximate surface area is 188 Å². The van der Waals surface area contributed by atoms with Crippen LogP contribution in [-0.2, 0) is 25.7 Å². The summed E-state index contributed by atoms with van der Waals surface area (Å²) in [6.45, 7) is 0.572. The van der Waals surface area contributed by atoms with Gasteiger partial charge in [-0.25, -0.2) is 9.59 Å². The third kappa shape index (κ3) is 6.44. The van der Waals surface area contributed by atoms with Crippen molar-refractivity contribution in [3.05, 3.63) is 77.9 Å². The van der Waals surface area contributed by atoms with Crippen LogP contribution in [0.2, 0.25) is 0 Å². The molecule has 32 heavy (non-hydrogen) atoms. The number of methoxy groups -OCH3 is 1. The largest absolute Gasteiger partial charge is 0.467 e. The monoisotopic (exact) mass is 436 g/mol. The quantitative estimate of drug-likeness (QED) is 0.640. The highest BCUT2D eigenvalue weighted by Crippen LogP contribution is 2.19. The van der Waals surface area contributed by atoms with Crippen molar-refractivity contribution in [1.82, 2.24) is 10.2 Å². The summed E-state index contributed by atoms with van der Waals surface area (Å²) in [6, 6.07) is 17.5. The van der Waals surface area contributed by atoms with E-state index in [1.807, 2.05) is 72.8 Å². The fraction of sp³-hybridized carbons (Fsp3) is 0.320. The molecule has 2 atom stereocenters. The molecule has 1 fully saturated rings. The summed E-state index contributed by atoms with van der Waals surface area (Å²) in [4.78, 5) is 39.1. The van der Waals surface area contributed by atoms with E-state index < -0.39 is 24.1 Å². The van der Waals surface area contributed by atoms with Gasteiger partial charge in [-0.3, -0.25) is 9.69 Å². The van der Waals surface area contributed by atoms with Gasteiger partial charge in [0, 0.05) is 6.54 Å². The molecule has 7 heteroatoms. The number of carbonyl (C=O) groups excluding carboxylic acids is 3. The molecule has 1 aliphatic rings. The Morgan fingerprint density at radius 2 is 1.78 bits per heavy atom. The molecule has 1 saturated heterocycles. The van der Waals surface area contributed by atoms with Crippen LogP contribution in [0.25, 0.3) is 6.08 Å². The van der Waals surface area contributed by atoms with Crippen molar-refractivity contribution in [2.75, 3.05) is 13.7 Å². The number of esters is 1. The lowest BCUT2D eigenvalue weighted by atomic mass is 10.1. The van der Waals surface area contributed by atoms with Crippen LogP contribution < -0.4 is 5.32 Å². The minimum Gasteiger partial charge on any atom is -0.467 e. The Morgan fingerprint density at radius 3 is 2.47 bits per heavy atom. The predicted octanol–water partition coefficient (Wildman–Crippen LogP) is 3.55. The van der Waals surface area contributed by atoms with Gasteiger partial charge >= 0.3 is 12.1 Å². The molecule has 2 aromatic carbocycles. The normalized spacial score (nSPS) is 16.5.